The summed E-state index contributed by atoms with van der Waals surface area (Å²) >= 11 is 0. The monoisotopic (exact) mass is 397 g/mol. The first-order valence-electron chi connectivity index (χ1n) is 10.3. The molecule has 2 aliphatic heterocycles. The molecule has 2 heterocycles. The summed E-state index contributed by atoms with van der Waals surface area (Å²) < 4.78 is 4.86. The van der Waals surface area contributed by atoms with Gasteiger partial charge in [0.15, 0.2) is 0 Å². The van der Waals surface area contributed by atoms with Gasteiger partial charge < -0.3 is 14.7 Å². The summed E-state index contributed by atoms with van der Waals surface area (Å²) in [6.45, 7) is 0.313. The highest BCUT2D eigenvalue weighted by atomic mass is 16.7. The van der Waals surface area contributed by atoms with Gasteiger partial charge in [-0.15, -0.1) is 5.06 Å². The van der Waals surface area contributed by atoms with Crippen molar-refractivity contribution in [3.63, 3.8) is 0 Å². The quantitative estimate of drug-likeness (QED) is 0.306. The Bertz CT molecular complexity index is 561. The molecule has 0 aromatic carbocycles. The highest BCUT2D eigenvalue weighted by molar-refractivity contribution is 6.01. The van der Waals surface area contributed by atoms with E-state index in [4.69, 9.17) is 9.57 Å². The van der Waals surface area contributed by atoms with Crippen molar-refractivity contribution in [2.45, 2.75) is 95.5 Å². The van der Waals surface area contributed by atoms with Crippen LogP contribution in [0.25, 0.3) is 0 Å². The van der Waals surface area contributed by atoms with Crippen LogP contribution in [0.4, 0.5) is 0 Å². The first-order valence-corrected chi connectivity index (χ1v) is 10.3. The molecule has 0 aromatic heterocycles. The molecule has 2 amide bonds. The zero-order valence-electron chi connectivity index (χ0n) is 16.5. The van der Waals surface area contributed by atoms with Crippen molar-refractivity contribution in [3.8, 4) is 0 Å². The summed E-state index contributed by atoms with van der Waals surface area (Å²) in [6.07, 6.45) is 9.50. The predicted octanol–water partition coefficient (Wildman–Crippen LogP) is 2.56. The number of hydroxylamine groups is 2. The second kappa shape index (κ2) is 11.1. The van der Waals surface area contributed by atoms with Crippen LogP contribution in [0.1, 0.15) is 89.9 Å². The number of aliphatic hydroxyl groups is 1. The SMILES string of the molecule is O=C1CC(O)(CCCCCCCCCCC(=O)ON2C(=O)CCC2=O)CCO1. The third kappa shape index (κ3) is 7.58. The summed E-state index contributed by atoms with van der Waals surface area (Å²) in [5, 5.41) is 10.9. The van der Waals surface area contributed by atoms with Crippen molar-refractivity contribution in [1.82, 2.24) is 5.06 Å². The topological polar surface area (TPSA) is 110 Å². The molecule has 2 saturated heterocycles. The van der Waals surface area contributed by atoms with Crippen LogP contribution in [-0.4, -0.2) is 46.1 Å². The van der Waals surface area contributed by atoms with E-state index in [1.54, 1.807) is 0 Å². The van der Waals surface area contributed by atoms with E-state index in [0.717, 1.165) is 44.9 Å². The predicted molar refractivity (Wildman–Crippen MR) is 98.5 cm³/mol. The number of amides is 2. The highest BCUT2D eigenvalue weighted by Gasteiger charge is 2.34. The number of nitrogens with zero attached hydrogens (tertiary/aromatic N) is 1. The van der Waals surface area contributed by atoms with Crippen LogP contribution < -0.4 is 0 Å². The molecule has 0 aromatic rings. The normalized spacial score (nSPS) is 22.5. The molecule has 8 nitrogen and oxygen atoms in total. The van der Waals surface area contributed by atoms with Crippen molar-refractivity contribution >= 4 is 23.8 Å². The number of imide groups is 1. The molecule has 2 aliphatic rings. The van der Waals surface area contributed by atoms with Crippen molar-refractivity contribution in [3.05, 3.63) is 0 Å². The molecule has 158 valence electrons. The van der Waals surface area contributed by atoms with Crippen LogP contribution in [0.15, 0.2) is 0 Å². The van der Waals surface area contributed by atoms with E-state index in [2.05, 4.69) is 0 Å². The summed E-state index contributed by atoms with van der Waals surface area (Å²) in [5.74, 6) is -1.74. The van der Waals surface area contributed by atoms with Crippen LogP contribution in [0.2, 0.25) is 0 Å². The number of hydrogen-bond donors (Lipinski definition) is 1. The van der Waals surface area contributed by atoms with E-state index in [0.29, 0.717) is 30.9 Å². The number of ether oxygens (including phenoxy) is 1. The Morgan fingerprint density at radius 3 is 2.14 bits per heavy atom. The summed E-state index contributed by atoms with van der Waals surface area (Å²) in [5.41, 5.74) is -0.881. The Kier molecular flexibility index (Phi) is 8.89. The molecule has 0 aliphatic carbocycles. The molecule has 8 heteroatoms. The van der Waals surface area contributed by atoms with Gasteiger partial charge in [-0.3, -0.25) is 14.4 Å². The van der Waals surface area contributed by atoms with Gasteiger partial charge in [-0.25, -0.2) is 4.79 Å². The van der Waals surface area contributed by atoms with Crippen LogP contribution in [0, 0.1) is 0 Å². The number of carbonyl (C=O) groups is 4. The third-order valence-corrected chi connectivity index (χ3v) is 5.28. The molecule has 2 fully saturated rings. The molecule has 2 rings (SSSR count). The van der Waals surface area contributed by atoms with E-state index in [1.807, 2.05) is 0 Å². The highest BCUT2D eigenvalue weighted by Crippen LogP contribution is 2.27. The maximum atomic E-state index is 11.7. The smallest absolute Gasteiger partial charge is 0.333 e. The summed E-state index contributed by atoms with van der Waals surface area (Å²) in [7, 11) is 0. The Balaban J connectivity index is 1.40. The molecular weight excluding hydrogens is 366 g/mol. The van der Waals surface area contributed by atoms with E-state index in [-0.39, 0.29) is 31.7 Å². The molecule has 0 bridgehead atoms. The lowest BCUT2D eigenvalue weighted by Gasteiger charge is -2.30. The molecule has 1 unspecified atom stereocenters. The molecule has 0 saturated carbocycles. The number of cyclic esters (lactones) is 1. The van der Waals surface area contributed by atoms with Gasteiger partial charge in [0.1, 0.15) is 0 Å². The molecular formula is C20H31NO7. The minimum absolute atomic E-state index is 0.107. The van der Waals surface area contributed by atoms with Gasteiger partial charge in [-0.05, 0) is 12.8 Å². The van der Waals surface area contributed by atoms with Gasteiger partial charge in [0.2, 0.25) is 0 Å². The van der Waals surface area contributed by atoms with Gasteiger partial charge in [0, 0.05) is 25.7 Å². The summed E-state index contributed by atoms with van der Waals surface area (Å²) in [4.78, 5) is 50.4. The largest absolute Gasteiger partial charge is 0.465 e. The van der Waals surface area contributed by atoms with Crippen LogP contribution in [-0.2, 0) is 28.8 Å². The standard InChI is InChI=1S/C20H31NO7/c22-16-10-11-17(23)21(16)28-18(24)9-7-5-3-1-2-4-6-8-12-20(26)13-14-27-19(25)15-20/h26H,1-15H2. The van der Waals surface area contributed by atoms with Gasteiger partial charge in [-0.2, -0.15) is 0 Å². The Morgan fingerprint density at radius 1 is 0.964 bits per heavy atom. The maximum absolute atomic E-state index is 11.7. The van der Waals surface area contributed by atoms with Crippen molar-refractivity contribution in [1.29, 1.82) is 0 Å². The Morgan fingerprint density at radius 2 is 1.54 bits per heavy atom. The Labute approximate surface area is 165 Å². The first kappa shape index (κ1) is 22.3. The second-order valence-electron chi connectivity index (χ2n) is 7.75. The average molecular weight is 397 g/mol. The van der Waals surface area contributed by atoms with Gasteiger partial charge in [0.25, 0.3) is 11.8 Å². The lowest BCUT2D eigenvalue weighted by molar-refractivity contribution is -0.197. The zero-order chi connectivity index (χ0) is 20.4. The summed E-state index contributed by atoms with van der Waals surface area (Å²) in [6, 6.07) is 0. The fourth-order valence-electron chi connectivity index (χ4n) is 3.57. The lowest BCUT2D eigenvalue weighted by Crippen LogP contribution is -2.38. The van der Waals surface area contributed by atoms with Crippen LogP contribution in [0.5, 0.6) is 0 Å². The molecule has 1 N–H and O–H groups in total. The van der Waals surface area contributed by atoms with E-state index >= 15 is 0 Å². The van der Waals surface area contributed by atoms with Crippen molar-refractivity contribution in [2.75, 3.05) is 6.61 Å². The van der Waals surface area contributed by atoms with Gasteiger partial charge in [0.05, 0.1) is 18.6 Å². The van der Waals surface area contributed by atoms with Crippen molar-refractivity contribution in [2.24, 2.45) is 0 Å². The van der Waals surface area contributed by atoms with Gasteiger partial charge in [-0.1, -0.05) is 44.9 Å². The number of esters is 1. The number of carbonyl (C=O) groups excluding carboxylic acids is 4. The first-order chi connectivity index (χ1) is 13.4. The minimum Gasteiger partial charge on any atom is -0.465 e. The fraction of sp³-hybridized carbons (Fsp3) is 0.800. The minimum atomic E-state index is -0.881. The second-order valence-corrected chi connectivity index (χ2v) is 7.75. The molecule has 0 spiro atoms. The lowest BCUT2D eigenvalue weighted by atomic mass is 9.88. The van der Waals surface area contributed by atoms with Crippen LogP contribution >= 0.6 is 0 Å². The fourth-order valence-corrected chi connectivity index (χ4v) is 3.57. The number of unbranched alkanes of at least 4 members (excludes halogenated alkanes) is 7. The molecule has 28 heavy (non-hydrogen) atoms. The zero-order valence-corrected chi connectivity index (χ0v) is 16.5. The van der Waals surface area contributed by atoms with Crippen molar-refractivity contribution < 1.29 is 33.9 Å². The number of rotatable bonds is 12. The van der Waals surface area contributed by atoms with Crippen LogP contribution in [0.3, 0.4) is 0 Å². The average Bonchev–Trinajstić information content (AvgIpc) is 2.95. The molecule has 1 atom stereocenters. The van der Waals surface area contributed by atoms with Gasteiger partial charge >= 0.3 is 11.9 Å². The Hall–Kier alpha value is -1.96. The van der Waals surface area contributed by atoms with E-state index in [9.17, 15) is 24.3 Å². The molecule has 0 radical (unpaired) electrons. The van der Waals surface area contributed by atoms with E-state index in [1.165, 1.54) is 0 Å². The third-order valence-electron chi connectivity index (χ3n) is 5.28. The maximum Gasteiger partial charge on any atom is 0.333 e. The number of hydrogen-bond acceptors (Lipinski definition) is 7. The van der Waals surface area contributed by atoms with E-state index < -0.39 is 23.4 Å².